The van der Waals surface area contributed by atoms with Crippen LogP contribution >= 0.6 is 11.6 Å². The van der Waals surface area contributed by atoms with Gasteiger partial charge >= 0.3 is 0 Å². The van der Waals surface area contributed by atoms with Crippen LogP contribution in [0, 0.1) is 25.7 Å². The summed E-state index contributed by atoms with van der Waals surface area (Å²) >= 11 is 6.59. The first-order valence-electron chi connectivity index (χ1n) is 12.6. The molecule has 4 nitrogen and oxygen atoms in total. The molecule has 5 heteroatoms. The standard InChI is InChI=1S/C29H41ClN2O2/c1-20(2)16-32(18-24-14-25-11-7-8-13-34-28(25)27(30)15-24)29(33)22(4)17-31(6)19-26-12-9-10-21(3)23(26)5/h9-10,12,14-15,20,22H,7-8,11,13,16-19H2,1-6H3. The summed E-state index contributed by atoms with van der Waals surface area (Å²) < 4.78 is 5.88. The number of rotatable bonds is 9. The molecule has 0 spiro atoms. The summed E-state index contributed by atoms with van der Waals surface area (Å²) in [5.74, 6) is 1.33. The van der Waals surface area contributed by atoms with Gasteiger partial charge in [-0.15, -0.1) is 0 Å². The summed E-state index contributed by atoms with van der Waals surface area (Å²) in [5, 5.41) is 0.660. The molecule has 1 aliphatic heterocycles. The number of hydrogen-bond acceptors (Lipinski definition) is 3. The highest BCUT2D eigenvalue weighted by Crippen LogP contribution is 2.34. The first-order chi connectivity index (χ1) is 16.2. The number of fused-ring (bicyclic) bond motifs is 1. The molecule has 2 aromatic rings. The number of amides is 1. The number of carbonyl (C=O) groups excluding carboxylic acids is 1. The second kappa shape index (κ2) is 12.1. The van der Waals surface area contributed by atoms with Gasteiger partial charge in [-0.1, -0.05) is 56.6 Å². The van der Waals surface area contributed by atoms with Crippen molar-refractivity contribution >= 4 is 17.5 Å². The van der Waals surface area contributed by atoms with E-state index in [0.717, 1.165) is 56.8 Å². The lowest BCUT2D eigenvalue weighted by Crippen LogP contribution is -2.41. The van der Waals surface area contributed by atoms with E-state index in [4.69, 9.17) is 16.3 Å². The summed E-state index contributed by atoms with van der Waals surface area (Å²) in [7, 11) is 2.10. The van der Waals surface area contributed by atoms with Gasteiger partial charge in [0.15, 0.2) is 0 Å². The Bertz CT molecular complexity index is 988. The third-order valence-corrected chi connectivity index (χ3v) is 6.98. The van der Waals surface area contributed by atoms with Crippen molar-refractivity contribution in [3.63, 3.8) is 0 Å². The molecule has 1 heterocycles. The Hall–Kier alpha value is -2.04. The highest BCUT2D eigenvalue weighted by atomic mass is 35.5. The zero-order valence-corrected chi connectivity index (χ0v) is 22.5. The van der Waals surface area contributed by atoms with Crippen molar-refractivity contribution in [3.8, 4) is 5.75 Å². The molecule has 0 saturated heterocycles. The number of hydrogen-bond donors (Lipinski definition) is 0. The van der Waals surface area contributed by atoms with Crippen molar-refractivity contribution in [2.24, 2.45) is 11.8 Å². The topological polar surface area (TPSA) is 32.8 Å². The molecule has 0 aliphatic carbocycles. The predicted octanol–water partition coefficient (Wildman–Crippen LogP) is 6.42. The summed E-state index contributed by atoms with van der Waals surface area (Å²) in [6.07, 6.45) is 3.12. The van der Waals surface area contributed by atoms with Crippen molar-refractivity contribution in [3.05, 3.63) is 63.2 Å². The molecule has 1 amide bonds. The van der Waals surface area contributed by atoms with Gasteiger partial charge in [0.05, 0.1) is 11.6 Å². The SMILES string of the molecule is Cc1cccc(CN(C)CC(C)C(=O)N(Cc2cc(Cl)c3c(c2)CCCCO3)CC(C)C)c1C. The maximum absolute atomic E-state index is 13.6. The lowest BCUT2D eigenvalue weighted by Gasteiger charge is -2.30. The van der Waals surface area contributed by atoms with Crippen LogP contribution in [0.3, 0.4) is 0 Å². The molecule has 1 atom stereocenters. The van der Waals surface area contributed by atoms with Gasteiger partial charge in [0.25, 0.3) is 0 Å². The van der Waals surface area contributed by atoms with Crippen molar-refractivity contribution in [2.75, 3.05) is 26.7 Å². The Morgan fingerprint density at radius 1 is 1.09 bits per heavy atom. The molecule has 0 saturated carbocycles. The van der Waals surface area contributed by atoms with Gasteiger partial charge in [-0.2, -0.15) is 0 Å². The molecule has 3 rings (SSSR count). The third kappa shape index (κ3) is 6.99. The van der Waals surface area contributed by atoms with E-state index in [2.05, 4.69) is 63.9 Å². The molecule has 1 unspecified atom stereocenters. The van der Waals surface area contributed by atoms with Crippen LogP contribution in [-0.2, 0) is 24.3 Å². The minimum Gasteiger partial charge on any atom is -0.492 e. The lowest BCUT2D eigenvalue weighted by atomic mass is 10.0. The van der Waals surface area contributed by atoms with Gasteiger partial charge < -0.3 is 14.5 Å². The lowest BCUT2D eigenvalue weighted by molar-refractivity contribution is -0.136. The van der Waals surface area contributed by atoms with Crippen LogP contribution in [-0.4, -0.2) is 42.5 Å². The number of nitrogens with zero attached hydrogens (tertiary/aromatic N) is 2. The van der Waals surface area contributed by atoms with E-state index in [0.29, 0.717) is 17.5 Å². The normalized spacial score (nSPS) is 14.5. The maximum Gasteiger partial charge on any atom is 0.227 e. The van der Waals surface area contributed by atoms with Crippen LogP contribution in [0.1, 0.15) is 61.4 Å². The highest BCUT2D eigenvalue weighted by molar-refractivity contribution is 6.32. The van der Waals surface area contributed by atoms with Crippen LogP contribution in [0.2, 0.25) is 5.02 Å². The van der Waals surface area contributed by atoms with Crippen molar-refractivity contribution in [1.29, 1.82) is 0 Å². The predicted molar refractivity (Wildman–Crippen MR) is 142 cm³/mol. The van der Waals surface area contributed by atoms with Crippen molar-refractivity contribution in [1.82, 2.24) is 9.80 Å². The molecular weight excluding hydrogens is 444 g/mol. The highest BCUT2D eigenvalue weighted by Gasteiger charge is 2.24. The Balaban J connectivity index is 1.70. The average molecular weight is 485 g/mol. The van der Waals surface area contributed by atoms with E-state index in [1.807, 2.05) is 17.9 Å². The van der Waals surface area contributed by atoms with Gasteiger partial charge in [0.1, 0.15) is 5.75 Å². The van der Waals surface area contributed by atoms with E-state index >= 15 is 0 Å². The van der Waals surface area contributed by atoms with Gasteiger partial charge in [0.2, 0.25) is 5.91 Å². The molecule has 0 N–H and O–H groups in total. The Morgan fingerprint density at radius 3 is 2.59 bits per heavy atom. The van der Waals surface area contributed by atoms with Gasteiger partial charge in [-0.05, 0) is 80.0 Å². The zero-order chi connectivity index (χ0) is 24.8. The number of carbonyl (C=O) groups is 1. The summed E-state index contributed by atoms with van der Waals surface area (Å²) in [4.78, 5) is 17.8. The van der Waals surface area contributed by atoms with E-state index in [9.17, 15) is 4.79 Å². The minimum atomic E-state index is -0.0894. The fraction of sp³-hybridized carbons (Fsp3) is 0.552. The summed E-state index contributed by atoms with van der Waals surface area (Å²) in [5.41, 5.74) is 6.21. The molecule has 0 aromatic heterocycles. The number of benzene rings is 2. The Labute approximate surface area is 211 Å². The molecule has 0 radical (unpaired) electrons. The quantitative estimate of drug-likeness (QED) is 0.411. The van der Waals surface area contributed by atoms with Crippen molar-refractivity contribution < 1.29 is 9.53 Å². The monoisotopic (exact) mass is 484 g/mol. The number of aryl methyl sites for hydroxylation is 2. The average Bonchev–Trinajstić information content (AvgIpc) is 3.01. The maximum atomic E-state index is 13.6. The molecule has 34 heavy (non-hydrogen) atoms. The van der Waals surface area contributed by atoms with E-state index in [-0.39, 0.29) is 11.8 Å². The Morgan fingerprint density at radius 2 is 1.85 bits per heavy atom. The van der Waals surface area contributed by atoms with Crippen LogP contribution < -0.4 is 4.74 Å². The van der Waals surface area contributed by atoms with Crippen molar-refractivity contribution in [2.45, 2.75) is 67.0 Å². The first kappa shape index (κ1) is 26.6. The number of ether oxygens (including phenoxy) is 1. The van der Waals surface area contributed by atoms with Crippen LogP contribution in [0.5, 0.6) is 5.75 Å². The molecule has 0 bridgehead atoms. The fourth-order valence-corrected chi connectivity index (χ4v) is 5.15. The van der Waals surface area contributed by atoms with Gasteiger partial charge in [0, 0.05) is 32.1 Å². The van der Waals surface area contributed by atoms with Crippen LogP contribution in [0.15, 0.2) is 30.3 Å². The largest absolute Gasteiger partial charge is 0.492 e. The first-order valence-corrected chi connectivity index (χ1v) is 13.0. The fourth-order valence-electron chi connectivity index (χ4n) is 4.83. The second-order valence-corrected chi connectivity index (χ2v) is 10.8. The zero-order valence-electron chi connectivity index (χ0n) is 21.8. The smallest absolute Gasteiger partial charge is 0.227 e. The second-order valence-electron chi connectivity index (χ2n) is 10.4. The summed E-state index contributed by atoms with van der Waals surface area (Å²) in [6, 6.07) is 10.6. The molecule has 0 fully saturated rings. The van der Waals surface area contributed by atoms with Gasteiger partial charge in [-0.3, -0.25) is 4.79 Å². The molecule has 2 aromatic carbocycles. The third-order valence-electron chi connectivity index (χ3n) is 6.70. The van der Waals surface area contributed by atoms with E-state index in [1.54, 1.807) is 0 Å². The van der Waals surface area contributed by atoms with Crippen LogP contribution in [0.25, 0.3) is 0 Å². The van der Waals surface area contributed by atoms with E-state index < -0.39 is 0 Å². The summed E-state index contributed by atoms with van der Waals surface area (Å²) in [6.45, 7) is 14.3. The molecule has 1 aliphatic rings. The van der Waals surface area contributed by atoms with Gasteiger partial charge in [-0.25, -0.2) is 0 Å². The molecule has 186 valence electrons. The minimum absolute atomic E-state index is 0.0894. The Kier molecular flexibility index (Phi) is 9.44. The van der Waals surface area contributed by atoms with Crippen LogP contribution in [0.4, 0.5) is 0 Å². The van der Waals surface area contributed by atoms with E-state index in [1.165, 1.54) is 22.3 Å². The number of halogens is 1. The molecular formula is C29H41ClN2O2.